The Hall–Kier alpha value is -1.43. The van der Waals surface area contributed by atoms with E-state index in [9.17, 15) is 19.5 Å². The van der Waals surface area contributed by atoms with E-state index in [4.69, 9.17) is 9.47 Å². The molecule has 4 aliphatic carbocycles. The maximum absolute atomic E-state index is 13.0. The summed E-state index contributed by atoms with van der Waals surface area (Å²) in [5.74, 6) is 0.737. The predicted octanol–water partition coefficient (Wildman–Crippen LogP) is 3.68. The van der Waals surface area contributed by atoms with Crippen molar-refractivity contribution < 1.29 is 29.0 Å². The molecule has 0 amide bonds. The van der Waals surface area contributed by atoms with Gasteiger partial charge < -0.3 is 14.6 Å². The van der Waals surface area contributed by atoms with E-state index in [2.05, 4.69) is 13.8 Å². The molecule has 0 bridgehead atoms. The summed E-state index contributed by atoms with van der Waals surface area (Å²) in [6.45, 7) is 7.21. The number of Topliss-reactive ketones (excluding diaryl/α,β-unsaturated/α-hetero) is 1. The molecule has 0 aliphatic heterocycles. The number of hydrogen-bond donors (Lipinski definition) is 1. The number of ketones is 1. The fourth-order valence-corrected chi connectivity index (χ4v) is 8.45. The van der Waals surface area contributed by atoms with Crippen molar-refractivity contribution in [2.75, 3.05) is 6.61 Å². The number of carbonyl (C=O) groups is 3. The van der Waals surface area contributed by atoms with Gasteiger partial charge >= 0.3 is 11.9 Å². The molecule has 0 radical (unpaired) electrons. The highest BCUT2D eigenvalue weighted by atomic mass is 16.5. The largest absolute Gasteiger partial charge is 0.462 e. The Kier molecular flexibility index (Phi) is 5.99. The van der Waals surface area contributed by atoms with Crippen LogP contribution in [0.15, 0.2) is 0 Å². The van der Waals surface area contributed by atoms with E-state index in [1.807, 2.05) is 0 Å². The summed E-state index contributed by atoms with van der Waals surface area (Å²) in [6, 6.07) is 0. The molecular formula is C25H38O6. The molecule has 0 aromatic carbocycles. The summed E-state index contributed by atoms with van der Waals surface area (Å²) in [5.41, 5.74) is -0.181. The zero-order valence-corrected chi connectivity index (χ0v) is 19.4. The number of aliphatic hydroxyl groups excluding tert-OH is 1. The van der Waals surface area contributed by atoms with E-state index >= 15 is 0 Å². The van der Waals surface area contributed by atoms with E-state index < -0.39 is 5.97 Å². The number of rotatable bonds is 4. The van der Waals surface area contributed by atoms with Crippen molar-refractivity contribution in [2.45, 2.75) is 91.3 Å². The SMILES string of the molecule is CC(=O)OCC(=O)[C@H]1CC[C@H]2[C@@H]3CC[C@@H]4C[C@@H](O)CC[C@]4(C)[C@H]3[C@H](OC(C)=O)C[C@]12C. The lowest BCUT2D eigenvalue weighted by Crippen LogP contribution is -2.60. The highest BCUT2D eigenvalue weighted by molar-refractivity contribution is 5.85. The monoisotopic (exact) mass is 434 g/mol. The third-order valence-electron chi connectivity index (χ3n) is 9.67. The molecule has 1 N–H and O–H groups in total. The minimum absolute atomic E-state index is 0.000844. The minimum Gasteiger partial charge on any atom is -0.462 e. The second-order valence-electron chi connectivity index (χ2n) is 11.2. The van der Waals surface area contributed by atoms with Crippen LogP contribution in [-0.2, 0) is 23.9 Å². The van der Waals surface area contributed by atoms with Gasteiger partial charge in [-0.2, -0.15) is 0 Å². The number of fused-ring (bicyclic) bond motifs is 5. The fourth-order valence-electron chi connectivity index (χ4n) is 8.45. The number of esters is 2. The first-order valence-electron chi connectivity index (χ1n) is 12.1. The van der Waals surface area contributed by atoms with E-state index in [0.717, 1.165) is 44.9 Å². The van der Waals surface area contributed by atoms with Crippen LogP contribution in [0.1, 0.15) is 79.1 Å². The molecular weight excluding hydrogens is 396 g/mol. The molecule has 0 heterocycles. The summed E-state index contributed by atoms with van der Waals surface area (Å²) in [4.78, 5) is 36.3. The van der Waals surface area contributed by atoms with Crippen molar-refractivity contribution in [3.8, 4) is 0 Å². The molecule has 0 aromatic heterocycles. The van der Waals surface area contributed by atoms with Crippen molar-refractivity contribution >= 4 is 17.7 Å². The van der Waals surface area contributed by atoms with Gasteiger partial charge in [-0.25, -0.2) is 0 Å². The molecule has 9 atom stereocenters. The highest BCUT2D eigenvalue weighted by Gasteiger charge is 2.64. The average Bonchev–Trinajstić information content (AvgIpc) is 3.02. The Morgan fingerprint density at radius 3 is 2.39 bits per heavy atom. The van der Waals surface area contributed by atoms with Gasteiger partial charge in [-0.3, -0.25) is 14.4 Å². The second kappa shape index (κ2) is 8.17. The van der Waals surface area contributed by atoms with Gasteiger partial charge in [-0.1, -0.05) is 13.8 Å². The van der Waals surface area contributed by atoms with Gasteiger partial charge in [0, 0.05) is 25.7 Å². The Labute approximate surface area is 185 Å². The number of carbonyl (C=O) groups excluding carboxylic acids is 3. The van der Waals surface area contributed by atoms with Gasteiger partial charge in [-0.05, 0) is 80.0 Å². The van der Waals surface area contributed by atoms with Crippen LogP contribution in [0.4, 0.5) is 0 Å². The first kappa shape index (κ1) is 22.8. The standard InChI is InChI=1S/C25H38O6/c1-14(26)30-13-21(29)20-8-7-19-18-6-5-16-11-17(28)9-10-24(16,3)23(18)22(31-15(2)27)12-25(19,20)4/h16-20,22-23,28H,5-13H2,1-4H3/t16-,17+,18+,19+,20-,22-,23-,24+,25+/m1/s1. The number of ether oxygens (including phenoxy) is 2. The molecule has 0 saturated heterocycles. The Bertz CT molecular complexity index is 748. The lowest BCUT2D eigenvalue weighted by Gasteiger charge is -2.62. The molecule has 4 saturated carbocycles. The van der Waals surface area contributed by atoms with Gasteiger partial charge in [0.05, 0.1) is 6.10 Å². The van der Waals surface area contributed by atoms with Crippen molar-refractivity contribution in [3.05, 3.63) is 0 Å². The van der Waals surface area contributed by atoms with Crippen molar-refractivity contribution in [2.24, 2.45) is 40.4 Å². The van der Waals surface area contributed by atoms with E-state index in [1.165, 1.54) is 13.8 Å². The first-order chi connectivity index (χ1) is 14.6. The number of hydrogen-bond acceptors (Lipinski definition) is 6. The van der Waals surface area contributed by atoms with Crippen LogP contribution >= 0.6 is 0 Å². The molecule has 4 rings (SSSR count). The lowest BCUT2D eigenvalue weighted by molar-refractivity contribution is -0.198. The number of aliphatic hydroxyl groups is 1. The maximum Gasteiger partial charge on any atom is 0.303 e. The molecule has 6 nitrogen and oxygen atoms in total. The van der Waals surface area contributed by atoms with Crippen LogP contribution in [0, 0.1) is 40.4 Å². The Balaban J connectivity index is 1.65. The average molecular weight is 435 g/mol. The summed E-state index contributed by atoms with van der Waals surface area (Å²) in [7, 11) is 0. The van der Waals surface area contributed by atoms with Crippen LogP contribution in [0.5, 0.6) is 0 Å². The topological polar surface area (TPSA) is 89.9 Å². The van der Waals surface area contributed by atoms with Gasteiger partial charge in [0.2, 0.25) is 0 Å². The summed E-state index contributed by atoms with van der Waals surface area (Å²) < 4.78 is 11.0. The summed E-state index contributed by atoms with van der Waals surface area (Å²) in [5, 5.41) is 10.3. The smallest absolute Gasteiger partial charge is 0.303 e. The second-order valence-corrected chi connectivity index (χ2v) is 11.2. The van der Waals surface area contributed by atoms with Gasteiger partial charge in [-0.15, -0.1) is 0 Å². The quantitative estimate of drug-likeness (QED) is 0.679. The minimum atomic E-state index is -0.430. The van der Waals surface area contributed by atoms with Gasteiger partial charge in [0.25, 0.3) is 0 Å². The summed E-state index contributed by atoms with van der Waals surface area (Å²) in [6.07, 6.45) is 6.89. The van der Waals surface area contributed by atoms with Crippen LogP contribution in [0.2, 0.25) is 0 Å². The molecule has 4 fully saturated rings. The van der Waals surface area contributed by atoms with Crippen molar-refractivity contribution in [1.29, 1.82) is 0 Å². The molecule has 31 heavy (non-hydrogen) atoms. The molecule has 0 spiro atoms. The summed E-state index contributed by atoms with van der Waals surface area (Å²) >= 11 is 0. The first-order valence-corrected chi connectivity index (χ1v) is 12.1. The van der Waals surface area contributed by atoms with Crippen LogP contribution in [0.3, 0.4) is 0 Å². The molecule has 4 aliphatic rings. The zero-order chi connectivity index (χ0) is 22.6. The molecule has 0 unspecified atom stereocenters. The van der Waals surface area contributed by atoms with Crippen molar-refractivity contribution in [3.63, 3.8) is 0 Å². The van der Waals surface area contributed by atoms with Gasteiger partial charge in [0.15, 0.2) is 5.78 Å². The normalized spacial score (nSPS) is 46.3. The molecule has 6 heteroatoms. The maximum atomic E-state index is 13.0. The van der Waals surface area contributed by atoms with E-state index in [1.54, 1.807) is 0 Å². The van der Waals surface area contributed by atoms with Crippen LogP contribution in [-0.4, -0.2) is 41.6 Å². The predicted molar refractivity (Wildman–Crippen MR) is 114 cm³/mol. The molecule has 0 aromatic rings. The van der Waals surface area contributed by atoms with Crippen LogP contribution < -0.4 is 0 Å². The lowest BCUT2D eigenvalue weighted by atomic mass is 9.43. The Morgan fingerprint density at radius 2 is 1.71 bits per heavy atom. The van der Waals surface area contributed by atoms with E-state index in [0.29, 0.717) is 24.2 Å². The van der Waals surface area contributed by atoms with Gasteiger partial charge in [0.1, 0.15) is 12.7 Å². The third kappa shape index (κ3) is 3.83. The fraction of sp³-hybridized carbons (Fsp3) is 0.880. The van der Waals surface area contributed by atoms with Crippen LogP contribution in [0.25, 0.3) is 0 Å². The van der Waals surface area contributed by atoms with Crippen molar-refractivity contribution in [1.82, 2.24) is 0 Å². The molecule has 174 valence electrons. The zero-order valence-electron chi connectivity index (χ0n) is 19.4. The Morgan fingerprint density at radius 1 is 0.968 bits per heavy atom. The highest BCUT2D eigenvalue weighted by Crippen LogP contribution is 2.68. The third-order valence-corrected chi connectivity index (χ3v) is 9.67. The van der Waals surface area contributed by atoms with E-state index in [-0.39, 0.29) is 53.2 Å².